The van der Waals surface area contributed by atoms with Crippen LogP contribution in [0.3, 0.4) is 0 Å². The number of rotatable bonds is 5. The van der Waals surface area contributed by atoms with Gasteiger partial charge in [0.15, 0.2) is 11.6 Å². The Balaban J connectivity index is 1.58. The Kier molecular flexibility index (Phi) is 7.39. The minimum Gasteiger partial charge on any atom is -0.509 e. The van der Waals surface area contributed by atoms with Crippen molar-refractivity contribution in [1.29, 1.82) is 5.26 Å². The number of nitrogens with one attached hydrogen (secondary N) is 1. The molecule has 222 valence electrons. The van der Waals surface area contributed by atoms with Crippen LogP contribution in [0.2, 0.25) is 0 Å². The van der Waals surface area contributed by atoms with Gasteiger partial charge in [0.1, 0.15) is 29.4 Å². The summed E-state index contributed by atoms with van der Waals surface area (Å²) in [7, 11) is 0. The van der Waals surface area contributed by atoms with E-state index in [0.29, 0.717) is 12.8 Å². The summed E-state index contributed by atoms with van der Waals surface area (Å²) in [5.41, 5.74) is -3.62. The highest BCUT2D eigenvalue weighted by Crippen LogP contribution is 2.43. The van der Waals surface area contributed by atoms with E-state index in [9.17, 15) is 41.9 Å². The summed E-state index contributed by atoms with van der Waals surface area (Å²) < 4.78 is 69.4. The Morgan fingerprint density at radius 1 is 1.21 bits per heavy atom. The van der Waals surface area contributed by atoms with Crippen molar-refractivity contribution in [3.05, 3.63) is 88.1 Å². The van der Waals surface area contributed by atoms with Crippen LogP contribution in [0.4, 0.5) is 27.6 Å². The second kappa shape index (κ2) is 10.7. The Labute approximate surface area is 241 Å². The van der Waals surface area contributed by atoms with Crippen LogP contribution >= 0.6 is 0 Å². The van der Waals surface area contributed by atoms with Gasteiger partial charge < -0.3 is 10.4 Å². The number of hydrogen-bond acceptors (Lipinski definition) is 7. The Morgan fingerprint density at radius 2 is 1.95 bits per heavy atom. The molecule has 1 fully saturated rings. The number of anilines is 1. The van der Waals surface area contributed by atoms with E-state index in [1.807, 2.05) is 6.07 Å². The monoisotopic (exact) mass is 598 g/mol. The maximum atomic E-state index is 14.6. The van der Waals surface area contributed by atoms with Crippen molar-refractivity contribution in [3.63, 3.8) is 0 Å². The molecule has 3 heterocycles. The molecule has 3 aromatic rings. The van der Waals surface area contributed by atoms with Gasteiger partial charge in [-0.25, -0.2) is 23.8 Å². The first kappa shape index (κ1) is 29.6. The second-order valence-electron chi connectivity index (χ2n) is 10.3. The summed E-state index contributed by atoms with van der Waals surface area (Å²) in [6, 6.07) is 7.72. The lowest BCUT2D eigenvalue weighted by atomic mass is 9.90. The van der Waals surface area contributed by atoms with Gasteiger partial charge in [-0.05, 0) is 51.0 Å². The summed E-state index contributed by atoms with van der Waals surface area (Å²) in [6.07, 6.45) is -2.95. The fourth-order valence-corrected chi connectivity index (χ4v) is 5.42. The highest BCUT2D eigenvalue weighted by molar-refractivity contribution is 6.24. The fourth-order valence-electron chi connectivity index (χ4n) is 5.42. The third-order valence-electron chi connectivity index (χ3n) is 7.71. The molecular weight excluding hydrogens is 575 g/mol. The molecule has 2 aromatic carbocycles. The van der Waals surface area contributed by atoms with Crippen LogP contribution < -0.4 is 5.32 Å². The van der Waals surface area contributed by atoms with Crippen molar-refractivity contribution in [2.75, 3.05) is 11.9 Å². The number of hydrogen-bond donors (Lipinski definition) is 2. The molecule has 0 bridgehead atoms. The molecule has 2 aliphatic rings. The van der Waals surface area contributed by atoms with Crippen molar-refractivity contribution >= 4 is 17.5 Å². The van der Waals surface area contributed by atoms with Gasteiger partial charge in [0.2, 0.25) is 0 Å². The predicted molar refractivity (Wildman–Crippen MR) is 141 cm³/mol. The number of fused-ring (bicyclic) bond motifs is 1. The zero-order valence-corrected chi connectivity index (χ0v) is 22.8. The Bertz CT molecular complexity index is 1730. The van der Waals surface area contributed by atoms with E-state index in [-0.39, 0.29) is 40.3 Å². The number of amides is 2. The average molecular weight is 599 g/mol. The quantitative estimate of drug-likeness (QED) is 0.307. The molecule has 1 atom stereocenters. The largest absolute Gasteiger partial charge is 0.509 e. The molecule has 0 radical (unpaired) electrons. The number of nitrogens with zero attached hydrogens (tertiary/aromatic N) is 5. The second-order valence-corrected chi connectivity index (χ2v) is 10.3. The van der Waals surface area contributed by atoms with Gasteiger partial charge >= 0.3 is 6.18 Å². The van der Waals surface area contributed by atoms with E-state index >= 15 is 0 Å². The molecule has 2 aliphatic heterocycles. The SMILES string of the molecule is Cc1c(C#N)ncnc1-c1cc(C(F)(F)F)ccc1NC(=O)C1=C(O)[C@@]2(C)CCCN2N(Cc2cccc(F)c2F)C1=O. The number of aliphatic hydroxyl groups excluding tert-OH is 1. The third kappa shape index (κ3) is 5.05. The van der Waals surface area contributed by atoms with Crippen molar-refractivity contribution in [3.8, 4) is 17.3 Å². The van der Waals surface area contributed by atoms with Gasteiger partial charge in [-0.3, -0.25) is 14.6 Å². The van der Waals surface area contributed by atoms with Crippen molar-refractivity contribution in [2.24, 2.45) is 0 Å². The third-order valence-corrected chi connectivity index (χ3v) is 7.71. The maximum absolute atomic E-state index is 14.6. The van der Waals surface area contributed by atoms with Crippen LogP contribution in [0.1, 0.15) is 42.1 Å². The van der Waals surface area contributed by atoms with E-state index in [0.717, 1.165) is 35.6 Å². The van der Waals surface area contributed by atoms with Gasteiger partial charge in [-0.15, -0.1) is 0 Å². The number of nitriles is 1. The summed E-state index contributed by atoms with van der Waals surface area (Å²) in [4.78, 5) is 35.2. The van der Waals surface area contributed by atoms with E-state index in [2.05, 4.69) is 15.3 Å². The molecule has 14 heteroatoms. The molecule has 9 nitrogen and oxygen atoms in total. The molecule has 5 rings (SSSR count). The number of carbonyl (C=O) groups excluding carboxylic acids is 2. The first-order chi connectivity index (χ1) is 20.3. The molecule has 1 saturated heterocycles. The predicted octanol–water partition coefficient (Wildman–Crippen LogP) is 5.18. The molecule has 43 heavy (non-hydrogen) atoms. The summed E-state index contributed by atoms with van der Waals surface area (Å²) >= 11 is 0. The zero-order valence-electron chi connectivity index (χ0n) is 22.8. The highest BCUT2D eigenvalue weighted by atomic mass is 19.4. The molecular formula is C29H23F5N6O3. The van der Waals surface area contributed by atoms with Gasteiger partial charge in [0, 0.05) is 23.2 Å². The fraction of sp³-hybridized carbons (Fsp3) is 0.276. The van der Waals surface area contributed by atoms with E-state index in [1.54, 1.807) is 6.92 Å². The van der Waals surface area contributed by atoms with Gasteiger partial charge in [0.05, 0.1) is 29.0 Å². The molecule has 1 aromatic heterocycles. The average Bonchev–Trinajstić information content (AvgIpc) is 3.36. The van der Waals surface area contributed by atoms with Crippen LogP contribution in [-0.2, 0) is 22.3 Å². The number of benzene rings is 2. The number of aliphatic hydroxyl groups is 1. The topological polar surface area (TPSA) is 122 Å². The summed E-state index contributed by atoms with van der Waals surface area (Å²) in [5, 5.41) is 25.6. The molecule has 2 N–H and O–H groups in total. The van der Waals surface area contributed by atoms with E-state index in [4.69, 9.17) is 0 Å². The lowest BCUT2D eigenvalue weighted by molar-refractivity contribution is -0.160. The van der Waals surface area contributed by atoms with Crippen molar-refractivity contribution < 1.29 is 36.6 Å². The standard InChI is InChI=1S/C29H23F5N6O3/c1-15-21(12-35)36-14-37-24(15)18-11-17(29(32,33)34)7-8-20(18)38-26(42)22-25(41)28(2)9-4-10-40(28)39(27(22)43)13-16-5-3-6-19(30)23(16)31/h3,5-8,11,14,41H,4,9-10,13H2,1-2H3,(H,38,42)/t28-/m1/s1. The maximum Gasteiger partial charge on any atom is 0.416 e. The molecule has 0 unspecified atom stereocenters. The van der Waals surface area contributed by atoms with E-state index in [1.165, 1.54) is 24.1 Å². The minimum absolute atomic E-state index is 0.0711. The van der Waals surface area contributed by atoms with Crippen molar-refractivity contribution in [1.82, 2.24) is 20.0 Å². The van der Waals surface area contributed by atoms with Crippen LogP contribution in [0.25, 0.3) is 11.3 Å². The van der Waals surface area contributed by atoms with Gasteiger partial charge in [0.25, 0.3) is 11.8 Å². The number of carbonyl (C=O) groups is 2. The molecule has 0 spiro atoms. The Hall–Kier alpha value is -4.90. The van der Waals surface area contributed by atoms with E-state index < -0.39 is 58.6 Å². The van der Waals surface area contributed by atoms with Crippen LogP contribution in [0, 0.1) is 29.9 Å². The van der Waals surface area contributed by atoms with Crippen LogP contribution in [0.5, 0.6) is 0 Å². The lowest BCUT2D eigenvalue weighted by Crippen LogP contribution is -2.60. The first-order valence-corrected chi connectivity index (χ1v) is 13.0. The number of hydrazine groups is 1. The van der Waals surface area contributed by atoms with Crippen LogP contribution in [-0.4, -0.2) is 49.0 Å². The highest BCUT2D eigenvalue weighted by Gasteiger charge is 2.52. The lowest BCUT2D eigenvalue weighted by Gasteiger charge is -2.46. The normalized spacial score (nSPS) is 18.9. The number of halogens is 5. The first-order valence-electron chi connectivity index (χ1n) is 13.0. The minimum atomic E-state index is -4.76. The van der Waals surface area contributed by atoms with Gasteiger partial charge in [-0.2, -0.15) is 18.4 Å². The zero-order chi connectivity index (χ0) is 31.3. The summed E-state index contributed by atoms with van der Waals surface area (Å²) in [6.45, 7) is 2.83. The van der Waals surface area contributed by atoms with Crippen LogP contribution in [0.15, 0.2) is 54.1 Å². The molecule has 0 saturated carbocycles. The Morgan fingerprint density at radius 3 is 2.65 bits per heavy atom. The van der Waals surface area contributed by atoms with Gasteiger partial charge in [-0.1, -0.05) is 12.1 Å². The molecule has 2 amide bonds. The number of alkyl halides is 3. The van der Waals surface area contributed by atoms with Crippen molar-refractivity contribution in [2.45, 2.75) is 44.9 Å². The molecule has 0 aliphatic carbocycles. The summed E-state index contributed by atoms with van der Waals surface area (Å²) in [5.74, 6) is -5.03. The number of aromatic nitrogens is 2. The smallest absolute Gasteiger partial charge is 0.416 e.